The van der Waals surface area contributed by atoms with Gasteiger partial charge < -0.3 is 14.0 Å². The van der Waals surface area contributed by atoms with E-state index in [4.69, 9.17) is 19.4 Å². The largest absolute Gasteiger partial charge is 0.437 e. The van der Waals surface area contributed by atoms with E-state index in [9.17, 15) is 5.26 Å². The molecule has 0 aliphatic rings. The third kappa shape index (κ3) is 5.91. The predicted molar refractivity (Wildman–Crippen MR) is 239 cm³/mol. The lowest BCUT2D eigenvalue weighted by Gasteiger charge is -2.15. The van der Waals surface area contributed by atoms with Crippen molar-refractivity contribution in [2.75, 3.05) is 0 Å². The number of rotatable bonds is 8. The first-order valence-corrected chi connectivity index (χ1v) is 19.7. The molecule has 0 radical (unpaired) electrons. The van der Waals surface area contributed by atoms with Crippen molar-refractivity contribution in [3.05, 3.63) is 206 Å². The summed E-state index contributed by atoms with van der Waals surface area (Å²) < 4.78 is 17.2. The van der Waals surface area contributed by atoms with Gasteiger partial charge in [0.05, 0.1) is 22.1 Å². The van der Waals surface area contributed by atoms with Gasteiger partial charge in [-0.2, -0.15) is 15.2 Å². The smallest absolute Gasteiger partial charge is 0.246 e. The van der Waals surface area contributed by atoms with E-state index in [2.05, 4.69) is 137 Å². The molecule has 0 aliphatic carbocycles. The van der Waals surface area contributed by atoms with Gasteiger partial charge in [0.25, 0.3) is 0 Å². The van der Waals surface area contributed by atoms with Crippen LogP contribution in [0.2, 0.25) is 0 Å². The Morgan fingerprint density at radius 1 is 0.400 bits per heavy atom. The summed E-state index contributed by atoms with van der Waals surface area (Å²) in [5, 5.41) is 14.8. The summed E-state index contributed by atoms with van der Waals surface area (Å²) in [6.07, 6.45) is 0. The molecule has 0 spiro atoms. The number of nitriles is 1. The van der Waals surface area contributed by atoms with Crippen molar-refractivity contribution in [1.29, 1.82) is 5.26 Å². The van der Waals surface area contributed by atoms with Crippen molar-refractivity contribution < 1.29 is 9.47 Å². The Bertz CT molecular complexity index is 3380. The number of para-hydroxylation sites is 4. The van der Waals surface area contributed by atoms with Gasteiger partial charge in [0.2, 0.25) is 17.7 Å². The Balaban J connectivity index is 1.20. The highest BCUT2D eigenvalue weighted by Gasteiger charge is 2.25. The van der Waals surface area contributed by atoms with Crippen LogP contribution in [-0.4, -0.2) is 19.1 Å². The van der Waals surface area contributed by atoms with Gasteiger partial charge in [0.15, 0.2) is 5.56 Å². The fourth-order valence-electron chi connectivity index (χ4n) is 8.26. The molecule has 0 fully saturated rings. The predicted octanol–water partition coefficient (Wildman–Crippen LogP) is 13.5. The van der Waals surface area contributed by atoms with Crippen LogP contribution < -0.4 is 9.47 Å². The fraction of sp³-hybridized carbons (Fsp3) is 0. The van der Waals surface area contributed by atoms with Gasteiger partial charge in [0.1, 0.15) is 17.6 Å². The molecular formula is C53H33N5O2. The zero-order chi connectivity index (χ0) is 40.0. The van der Waals surface area contributed by atoms with Crippen molar-refractivity contribution >= 4 is 43.6 Å². The maximum Gasteiger partial charge on any atom is 0.246 e. The van der Waals surface area contributed by atoms with Gasteiger partial charge >= 0.3 is 0 Å². The summed E-state index contributed by atoms with van der Waals surface area (Å²) in [4.78, 5) is 10.1. The van der Waals surface area contributed by atoms with Crippen molar-refractivity contribution in [3.8, 4) is 63.2 Å². The molecule has 0 saturated heterocycles. The molecular weight excluding hydrogens is 739 g/mol. The molecule has 0 amide bonds. The van der Waals surface area contributed by atoms with Gasteiger partial charge in [-0.3, -0.25) is 4.57 Å². The summed E-state index contributed by atoms with van der Waals surface area (Å²) in [6.45, 7) is 0. The highest BCUT2D eigenvalue weighted by Crippen LogP contribution is 2.43. The van der Waals surface area contributed by atoms with Crippen molar-refractivity contribution in [2.24, 2.45) is 0 Å². The quantitative estimate of drug-likeness (QED) is 0.154. The fourth-order valence-corrected chi connectivity index (χ4v) is 8.26. The van der Waals surface area contributed by atoms with E-state index in [0.29, 0.717) is 17.4 Å². The lowest BCUT2D eigenvalue weighted by Crippen LogP contribution is -2.07. The number of hydrogen-bond donors (Lipinski definition) is 0. The molecule has 11 rings (SSSR count). The number of aromatic nitrogens is 4. The molecule has 0 aliphatic heterocycles. The van der Waals surface area contributed by atoms with Crippen LogP contribution in [0.15, 0.2) is 200 Å². The molecule has 3 aromatic heterocycles. The van der Waals surface area contributed by atoms with E-state index in [1.165, 1.54) is 5.56 Å². The van der Waals surface area contributed by atoms with Crippen molar-refractivity contribution in [2.45, 2.75) is 0 Å². The van der Waals surface area contributed by atoms with E-state index in [0.717, 1.165) is 66.0 Å². The molecule has 0 bridgehead atoms. The van der Waals surface area contributed by atoms with Gasteiger partial charge in [-0.25, -0.2) is 0 Å². The molecule has 8 aromatic carbocycles. The second-order valence-electron chi connectivity index (χ2n) is 14.5. The van der Waals surface area contributed by atoms with Crippen LogP contribution in [0.4, 0.5) is 0 Å². The number of hydrogen-bond acceptors (Lipinski definition) is 5. The Labute approximate surface area is 345 Å². The molecule has 0 unspecified atom stereocenters. The van der Waals surface area contributed by atoms with Gasteiger partial charge in [0, 0.05) is 27.2 Å². The van der Waals surface area contributed by atoms with E-state index >= 15 is 0 Å². The summed E-state index contributed by atoms with van der Waals surface area (Å²) in [5.74, 6) is 1.53. The van der Waals surface area contributed by atoms with Crippen molar-refractivity contribution in [1.82, 2.24) is 19.1 Å². The maximum absolute atomic E-state index is 10.6. The van der Waals surface area contributed by atoms with E-state index < -0.39 is 0 Å². The summed E-state index contributed by atoms with van der Waals surface area (Å²) >= 11 is 0. The van der Waals surface area contributed by atoms with Gasteiger partial charge in [-0.1, -0.05) is 146 Å². The van der Waals surface area contributed by atoms with Crippen LogP contribution in [0.1, 0.15) is 5.56 Å². The molecule has 0 atom stereocenters. The lowest BCUT2D eigenvalue weighted by molar-refractivity contribution is 0.429. The highest BCUT2D eigenvalue weighted by molar-refractivity contribution is 6.23. The first-order valence-electron chi connectivity index (χ1n) is 19.7. The summed E-state index contributed by atoms with van der Waals surface area (Å²) in [5.41, 5.74) is 9.51. The van der Waals surface area contributed by atoms with E-state index in [1.54, 1.807) is 0 Å². The number of ether oxygens (including phenoxy) is 2. The summed E-state index contributed by atoms with van der Waals surface area (Å²) in [7, 11) is 0. The number of fused-ring (bicyclic) bond motifs is 7. The molecule has 60 heavy (non-hydrogen) atoms. The van der Waals surface area contributed by atoms with E-state index in [1.807, 2.05) is 78.9 Å². The standard InChI is InChI=1S/C53H33N5O2/c54-34-46-51(59-40-22-6-2-7-23-40)55-53(56-52(46)60-41-24-8-3-9-25-41)58-48-29-13-11-27-43(48)45-31-30-44-42-26-10-12-28-47(42)57(49(44)50(45)58)39-21-15-20-38(33-39)37-19-14-18-36(32-37)35-16-4-1-5-17-35/h1-33H. The minimum atomic E-state index is 0.0830. The monoisotopic (exact) mass is 771 g/mol. The average molecular weight is 772 g/mol. The molecule has 11 aromatic rings. The third-order valence-electron chi connectivity index (χ3n) is 10.9. The number of benzene rings is 8. The third-order valence-corrected chi connectivity index (χ3v) is 10.9. The second-order valence-corrected chi connectivity index (χ2v) is 14.5. The average Bonchev–Trinajstić information content (AvgIpc) is 3.83. The minimum absolute atomic E-state index is 0.0830. The Morgan fingerprint density at radius 2 is 0.850 bits per heavy atom. The zero-order valence-corrected chi connectivity index (χ0v) is 32.1. The van der Waals surface area contributed by atoms with Gasteiger partial charge in [-0.15, -0.1) is 0 Å². The number of nitrogens with zero attached hydrogens (tertiary/aromatic N) is 5. The Hall–Kier alpha value is -8.47. The molecule has 0 N–H and O–H groups in total. The Kier molecular flexibility index (Phi) is 8.39. The zero-order valence-electron chi connectivity index (χ0n) is 32.1. The van der Waals surface area contributed by atoms with Crippen LogP contribution in [0, 0.1) is 11.3 Å². The minimum Gasteiger partial charge on any atom is -0.437 e. The first kappa shape index (κ1) is 34.8. The van der Waals surface area contributed by atoms with Crippen molar-refractivity contribution in [3.63, 3.8) is 0 Å². The topological polar surface area (TPSA) is 77.9 Å². The van der Waals surface area contributed by atoms with Crippen LogP contribution in [-0.2, 0) is 0 Å². The van der Waals surface area contributed by atoms with E-state index in [-0.39, 0.29) is 17.3 Å². The molecule has 7 nitrogen and oxygen atoms in total. The highest BCUT2D eigenvalue weighted by atomic mass is 16.5. The first-order chi connectivity index (χ1) is 29.7. The molecule has 0 saturated carbocycles. The van der Waals surface area contributed by atoms with Crippen LogP contribution >= 0.6 is 0 Å². The van der Waals surface area contributed by atoms with Crippen LogP contribution in [0.3, 0.4) is 0 Å². The molecule has 7 heteroatoms. The lowest BCUT2D eigenvalue weighted by atomic mass is 9.99. The second kappa shape index (κ2) is 14.5. The Morgan fingerprint density at radius 3 is 1.43 bits per heavy atom. The van der Waals surface area contributed by atoms with Gasteiger partial charge in [-0.05, 0) is 76.9 Å². The van der Waals surface area contributed by atoms with Crippen LogP contribution in [0.5, 0.6) is 23.3 Å². The molecule has 282 valence electrons. The normalized spacial score (nSPS) is 11.3. The maximum atomic E-state index is 10.6. The SMILES string of the molecule is N#Cc1c(Oc2ccccc2)nc(-n2c3ccccc3c3ccc4c5ccccc5n(-c5cccc(-c6cccc(-c7ccccc7)c6)c5)c4c32)nc1Oc1ccccc1. The van der Waals surface area contributed by atoms with Crippen LogP contribution in [0.25, 0.3) is 77.5 Å². The molecule has 3 heterocycles. The summed E-state index contributed by atoms with van der Waals surface area (Å²) in [6, 6.07) is 70.0.